The second kappa shape index (κ2) is 6.69. The summed E-state index contributed by atoms with van der Waals surface area (Å²) in [6.07, 6.45) is 0.333. The van der Waals surface area contributed by atoms with E-state index >= 15 is 0 Å². The molecule has 1 aliphatic rings. The van der Waals surface area contributed by atoms with Gasteiger partial charge < -0.3 is 14.4 Å². The van der Waals surface area contributed by atoms with Crippen LogP contribution in [0.15, 0.2) is 45.7 Å². The monoisotopic (exact) mass is 403 g/mol. The van der Waals surface area contributed by atoms with Gasteiger partial charge in [0.25, 0.3) is 0 Å². The maximum absolute atomic E-state index is 12.6. The number of carbonyl (C=O) groups is 1. The summed E-state index contributed by atoms with van der Waals surface area (Å²) in [6, 6.07) is 11.6. The van der Waals surface area contributed by atoms with Crippen molar-refractivity contribution in [3.8, 4) is 11.4 Å². The Kier molecular flexibility index (Phi) is 4.09. The maximum Gasteiger partial charge on any atom is 0.326 e. The van der Waals surface area contributed by atoms with Crippen molar-refractivity contribution in [1.82, 2.24) is 19.7 Å². The zero-order valence-corrected chi connectivity index (χ0v) is 17.0. The third-order valence-electron chi connectivity index (χ3n) is 5.88. The lowest BCUT2D eigenvalue weighted by Gasteiger charge is -2.17. The minimum absolute atomic E-state index is 0.0475. The normalized spacial score (nSPS) is 16.7. The summed E-state index contributed by atoms with van der Waals surface area (Å²) in [7, 11) is 1.71. The Balaban J connectivity index is 1.41. The van der Waals surface area contributed by atoms with Crippen LogP contribution in [-0.4, -0.2) is 32.1 Å². The Labute approximate surface area is 172 Å². The number of aromatic amines is 1. The van der Waals surface area contributed by atoms with Crippen LogP contribution in [0.4, 0.5) is 5.69 Å². The molecule has 1 N–H and O–H groups in total. The molecule has 0 radical (unpaired) electrons. The lowest BCUT2D eigenvalue weighted by molar-refractivity contribution is -0.117. The molecule has 1 amide bonds. The van der Waals surface area contributed by atoms with Crippen LogP contribution in [-0.2, 0) is 11.8 Å². The van der Waals surface area contributed by atoms with Crippen LogP contribution >= 0.6 is 0 Å². The lowest BCUT2D eigenvalue weighted by Crippen LogP contribution is -2.24. The summed E-state index contributed by atoms with van der Waals surface area (Å²) in [5.74, 6) is 0.784. The second-order valence-corrected chi connectivity index (χ2v) is 7.85. The number of carbonyl (C=O) groups excluding carboxylic acids is 1. The molecule has 0 saturated carbocycles. The molecule has 1 atom stereocenters. The molecule has 4 aromatic rings. The smallest absolute Gasteiger partial charge is 0.326 e. The van der Waals surface area contributed by atoms with Crippen LogP contribution in [0.2, 0.25) is 0 Å². The fourth-order valence-electron chi connectivity index (χ4n) is 3.91. The Bertz CT molecular complexity index is 1350. The topological polar surface area (TPSA) is 97.0 Å². The zero-order valence-electron chi connectivity index (χ0n) is 17.0. The van der Waals surface area contributed by atoms with Crippen molar-refractivity contribution in [2.45, 2.75) is 26.2 Å². The number of fused-ring (bicyclic) bond motifs is 1. The van der Waals surface area contributed by atoms with E-state index in [2.05, 4.69) is 22.0 Å². The highest BCUT2D eigenvalue weighted by molar-refractivity contribution is 5.96. The number of anilines is 1. The minimum atomic E-state index is -0.174. The van der Waals surface area contributed by atoms with Crippen LogP contribution < -0.4 is 10.6 Å². The molecule has 0 spiro atoms. The molecule has 2 aromatic heterocycles. The predicted octanol–water partition coefficient (Wildman–Crippen LogP) is 3.05. The third-order valence-corrected chi connectivity index (χ3v) is 5.88. The van der Waals surface area contributed by atoms with Gasteiger partial charge in [-0.05, 0) is 55.3 Å². The van der Waals surface area contributed by atoms with E-state index in [1.165, 1.54) is 5.56 Å². The predicted molar refractivity (Wildman–Crippen MR) is 112 cm³/mol. The van der Waals surface area contributed by atoms with Gasteiger partial charge in [-0.2, -0.15) is 4.98 Å². The number of hydrogen-bond acceptors (Lipinski definition) is 5. The van der Waals surface area contributed by atoms with Crippen LogP contribution in [0.3, 0.4) is 0 Å². The number of hydrogen-bond donors (Lipinski definition) is 1. The molecule has 8 heteroatoms. The standard InChI is InChI=1S/C22H21N5O3/c1-12-4-6-16(8-13(12)2)27-11-15(10-19(27)28)21-24-20(25-30-21)14-5-7-18-17(9-14)23-22(29)26(18)3/h4-9,15H,10-11H2,1-3H3,(H,23,29)/t15-/m0/s1. The number of aryl methyl sites for hydroxylation is 3. The molecule has 30 heavy (non-hydrogen) atoms. The molecule has 0 bridgehead atoms. The molecule has 2 aromatic carbocycles. The van der Waals surface area contributed by atoms with Gasteiger partial charge in [0.1, 0.15) is 0 Å². The summed E-state index contributed by atoms with van der Waals surface area (Å²) in [5, 5.41) is 4.10. The van der Waals surface area contributed by atoms with Crippen molar-refractivity contribution >= 4 is 22.6 Å². The van der Waals surface area contributed by atoms with Gasteiger partial charge >= 0.3 is 5.69 Å². The minimum Gasteiger partial charge on any atom is -0.339 e. The Morgan fingerprint density at radius 3 is 2.73 bits per heavy atom. The fraction of sp³-hybridized carbons (Fsp3) is 0.273. The first-order valence-corrected chi connectivity index (χ1v) is 9.81. The number of amides is 1. The first kappa shape index (κ1) is 18.4. The average molecular weight is 403 g/mol. The molecule has 1 saturated heterocycles. The number of imidazole rings is 1. The van der Waals surface area contributed by atoms with E-state index in [0.29, 0.717) is 30.2 Å². The van der Waals surface area contributed by atoms with Gasteiger partial charge in [0, 0.05) is 31.3 Å². The molecule has 5 rings (SSSR count). The molecule has 8 nitrogen and oxygen atoms in total. The second-order valence-electron chi connectivity index (χ2n) is 7.85. The SMILES string of the molecule is Cc1ccc(N2C[C@@H](c3nc(-c4ccc5c(c4)[nH]c(=O)n5C)no3)CC2=O)cc1C. The van der Waals surface area contributed by atoms with Crippen LogP contribution in [0.25, 0.3) is 22.4 Å². The van der Waals surface area contributed by atoms with E-state index in [1.54, 1.807) is 16.5 Å². The van der Waals surface area contributed by atoms with Gasteiger partial charge in [-0.3, -0.25) is 9.36 Å². The summed E-state index contributed by atoms with van der Waals surface area (Å²) in [6.45, 7) is 4.60. The van der Waals surface area contributed by atoms with Crippen LogP contribution in [0.1, 0.15) is 29.4 Å². The highest BCUT2D eigenvalue weighted by Gasteiger charge is 2.35. The maximum atomic E-state index is 12.6. The zero-order chi connectivity index (χ0) is 21.0. The molecule has 3 heterocycles. The Hall–Kier alpha value is -3.68. The van der Waals surface area contributed by atoms with Gasteiger partial charge in [-0.25, -0.2) is 4.79 Å². The van der Waals surface area contributed by atoms with Crippen molar-refractivity contribution in [1.29, 1.82) is 0 Å². The summed E-state index contributed by atoms with van der Waals surface area (Å²) in [5.41, 5.74) is 5.32. The van der Waals surface area contributed by atoms with E-state index in [0.717, 1.165) is 22.3 Å². The first-order valence-electron chi connectivity index (χ1n) is 9.81. The van der Waals surface area contributed by atoms with Gasteiger partial charge in [-0.1, -0.05) is 11.2 Å². The quantitative estimate of drug-likeness (QED) is 0.567. The van der Waals surface area contributed by atoms with E-state index in [1.807, 2.05) is 43.3 Å². The Morgan fingerprint density at radius 1 is 1.10 bits per heavy atom. The molecule has 0 unspecified atom stereocenters. The summed E-state index contributed by atoms with van der Waals surface area (Å²) < 4.78 is 7.05. The van der Waals surface area contributed by atoms with E-state index < -0.39 is 0 Å². The van der Waals surface area contributed by atoms with Gasteiger partial charge in [0.15, 0.2) is 0 Å². The number of rotatable bonds is 3. The number of H-pyrrole nitrogens is 1. The highest BCUT2D eigenvalue weighted by Crippen LogP contribution is 2.33. The van der Waals surface area contributed by atoms with Crippen molar-refractivity contribution < 1.29 is 9.32 Å². The van der Waals surface area contributed by atoms with Gasteiger partial charge in [-0.15, -0.1) is 0 Å². The summed E-state index contributed by atoms with van der Waals surface area (Å²) >= 11 is 0. The fourth-order valence-corrected chi connectivity index (χ4v) is 3.91. The molecule has 1 aliphatic heterocycles. The number of benzene rings is 2. The molecule has 152 valence electrons. The molecule has 1 fully saturated rings. The molecular weight excluding hydrogens is 382 g/mol. The van der Waals surface area contributed by atoms with Gasteiger partial charge in [0.05, 0.1) is 17.0 Å². The Morgan fingerprint density at radius 2 is 1.93 bits per heavy atom. The lowest BCUT2D eigenvalue weighted by atomic mass is 10.1. The highest BCUT2D eigenvalue weighted by atomic mass is 16.5. The molecular formula is C22H21N5O3. The third kappa shape index (κ3) is 2.92. The van der Waals surface area contributed by atoms with E-state index in [9.17, 15) is 9.59 Å². The average Bonchev–Trinajstić information content (AvgIpc) is 3.42. The van der Waals surface area contributed by atoms with Crippen molar-refractivity contribution in [2.24, 2.45) is 7.05 Å². The van der Waals surface area contributed by atoms with Crippen molar-refractivity contribution in [3.05, 3.63) is 63.9 Å². The number of aromatic nitrogens is 4. The van der Waals surface area contributed by atoms with Gasteiger partial charge in [0.2, 0.25) is 17.6 Å². The summed E-state index contributed by atoms with van der Waals surface area (Å²) in [4.78, 5) is 33.5. The van der Waals surface area contributed by atoms with Crippen LogP contribution in [0.5, 0.6) is 0 Å². The van der Waals surface area contributed by atoms with E-state index in [4.69, 9.17) is 4.52 Å². The number of nitrogens with zero attached hydrogens (tertiary/aromatic N) is 4. The van der Waals surface area contributed by atoms with Crippen molar-refractivity contribution in [3.63, 3.8) is 0 Å². The number of nitrogens with one attached hydrogen (secondary N) is 1. The van der Waals surface area contributed by atoms with Crippen molar-refractivity contribution in [2.75, 3.05) is 11.4 Å². The molecule has 0 aliphatic carbocycles. The first-order chi connectivity index (χ1) is 14.4. The largest absolute Gasteiger partial charge is 0.339 e. The van der Waals surface area contributed by atoms with Crippen LogP contribution in [0, 0.1) is 13.8 Å². The van der Waals surface area contributed by atoms with E-state index in [-0.39, 0.29) is 17.5 Å².